The van der Waals surface area contributed by atoms with Gasteiger partial charge in [-0.15, -0.1) is 0 Å². The first-order valence-electron chi connectivity index (χ1n) is 5.55. The van der Waals surface area contributed by atoms with Gasteiger partial charge in [0, 0.05) is 12.1 Å². The summed E-state index contributed by atoms with van der Waals surface area (Å²) in [6, 6.07) is 6.23. The lowest BCUT2D eigenvalue weighted by atomic mass is 9.96. The fraction of sp³-hybridized carbons (Fsp3) is 0.538. The molecule has 0 fully saturated rings. The van der Waals surface area contributed by atoms with Gasteiger partial charge >= 0.3 is 0 Å². The van der Waals surface area contributed by atoms with Crippen LogP contribution in [0.15, 0.2) is 18.2 Å². The van der Waals surface area contributed by atoms with E-state index in [-0.39, 0.29) is 5.54 Å². The summed E-state index contributed by atoms with van der Waals surface area (Å²) in [4.78, 5) is 2.42. The molecule has 1 nitrogen and oxygen atoms in total. The summed E-state index contributed by atoms with van der Waals surface area (Å²) in [5.41, 5.74) is 2.79. The quantitative estimate of drug-likeness (QED) is 0.645. The summed E-state index contributed by atoms with van der Waals surface area (Å²) < 4.78 is 0. The first-order valence-corrected chi connectivity index (χ1v) is 5.93. The van der Waals surface area contributed by atoms with Gasteiger partial charge in [0.15, 0.2) is 0 Å². The maximum absolute atomic E-state index is 6.30. The highest BCUT2D eigenvalue weighted by atomic mass is 35.5. The third-order valence-electron chi connectivity index (χ3n) is 2.98. The molecule has 1 aromatic rings. The maximum atomic E-state index is 6.30. The molecule has 82 valence electrons. The monoisotopic (exact) mass is 223 g/mol. The van der Waals surface area contributed by atoms with E-state index >= 15 is 0 Å². The number of halogens is 1. The van der Waals surface area contributed by atoms with Crippen molar-refractivity contribution in [3.05, 3.63) is 28.8 Å². The zero-order valence-corrected chi connectivity index (χ0v) is 10.4. The Hall–Kier alpha value is -0.690. The number of hydrogen-bond donors (Lipinski definition) is 0. The molecule has 0 bridgehead atoms. The summed E-state index contributed by atoms with van der Waals surface area (Å²) in [5, 5.41) is 0.891. The normalized spacial score (nSPS) is 16.4. The van der Waals surface area contributed by atoms with E-state index in [0.717, 1.165) is 18.0 Å². The third-order valence-corrected chi connectivity index (χ3v) is 3.28. The minimum Gasteiger partial charge on any atom is -0.365 e. The summed E-state index contributed by atoms with van der Waals surface area (Å²) in [6.45, 7) is 7.84. The minimum absolute atomic E-state index is 0.153. The third kappa shape index (κ3) is 1.98. The average molecular weight is 224 g/mol. The first kappa shape index (κ1) is 10.8. The molecule has 0 amide bonds. The summed E-state index contributed by atoms with van der Waals surface area (Å²) in [7, 11) is 0. The fourth-order valence-electron chi connectivity index (χ4n) is 2.27. The fourth-order valence-corrected chi connectivity index (χ4v) is 2.57. The lowest BCUT2D eigenvalue weighted by Crippen LogP contribution is -2.44. The van der Waals surface area contributed by atoms with E-state index < -0.39 is 0 Å². The Bertz CT molecular complexity index is 365. The molecule has 0 spiro atoms. The van der Waals surface area contributed by atoms with E-state index in [1.807, 2.05) is 12.1 Å². The molecule has 2 rings (SSSR count). The molecule has 1 aromatic carbocycles. The van der Waals surface area contributed by atoms with Crippen LogP contribution < -0.4 is 4.90 Å². The summed E-state index contributed by atoms with van der Waals surface area (Å²) in [6.07, 6.45) is 2.38. The van der Waals surface area contributed by atoms with Gasteiger partial charge in [0.1, 0.15) is 0 Å². The van der Waals surface area contributed by atoms with Crippen molar-refractivity contribution in [1.29, 1.82) is 0 Å². The molecule has 0 saturated carbocycles. The molecule has 2 heteroatoms. The van der Waals surface area contributed by atoms with E-state index in [4.69, 9.17) is 11.6 Å². The number of fused-ring (bicyclic) bond motifs is 1. The van der Waals surface area contributed by atoms with Crippen molar-refractivity contribution in [1.82, 2.24) is 0 Å². The van der Waals surface area contributed by atoms with E-state index in [0.29, 0.717) is 0 Å². The molecule has 0 aliphatic carbocycles. The second-order valence-corrected chi connectivity index (χ2v) is 5.58. The first-order chi connectivity index (χ1) is 7.00. The topological polar surface area (TPSA) is 3.24 Å². The highest BCUT2D eigenvalue weighted by Gasteiger charge is 2.27. The predicted molar refractivity (Wildman–Crippen MR) is 66.9 cm³/mol. The molecule has 0 atom stereocenters. The minimum atomic E-state index is 0.153. The van der Waals surface area contributed by atoms with Crippen LogP contribution in [0.25, 0.3) is 0 Å². The van der Waals surface area contributed by atoms with Crippen molar-refractivity contribution in [3.8, 4) is 0 Å². The molecular weight excluding hydrogens is 206 g/mol. The van der Waals surface area contributed by atoms with Crippen LogP contribution in [-0.2, 0) is 6.42 Å². The Morgan fingerprint density at radius 1 is 1.27 bits per heavy atom. The van der Waals surface area contributed by atoms with E-state index in [1.165, 1.54) is 17.7 Å². The Morgan fingerprint density at radius 2 is 2.00 bits per heavy atom. The number of benzene rings is 1. The van der Waals surface area contributed by atoms with Gasteiger partial charge in [-0.2, -0.15) is 0 Å². The Balaban J connectivity index is 2.50. The molecule has 15 heavy (non-hydrogen) atoms. The van der Waals surface area contributed by atoms with Gasteiger partial charge in [0.05, 0.1) is 10.7 Å². The van der Waals surface area contributed by atoms with Crippen LogP contribution in [0.3, 0.4) is 0 Å². The highest BCUT2D eigenvalue weighted by Crippen LogP contribution is 2.37. The molecule has 0 unspecified atom stereocenters. The molecule has 0 N–H and O–H groups in total. The molecule has 1 aliphatic rings. The van der Waals surface area contributed by atoms with Crippen molar-refractivity contribution in [3.63, 3.8) is 0 Å². The van der Waals surface area contributed by atoms with Crippen molar-refractivity contribution in [2.45, 2.75) is 39.2 Å². The predicted octanol–water partition coefficient (Wildman–Crippen LogP) is 3.89. The zero-order valence-electron chi connectivity index (χ0n) is 9.68. The lowest BCUT2D eigenvalue weighted by molar-refractivity contribution is 0.483. The molecule has 1 heterocycles. The second kappa shape index (κ2) is 3.71. The van der Waals surface area contributed by atoms with Crippen LogP contribution in [0, 0.1) is 0 Å². The Morgan fingerprint density at radius 3 is 2.67 bits per heavy atom. The zero-order chi connectivity index (χ0) is 11.1. The van der Waals surface area contributed by atoms with Crippen LogP contribution in [0.4, 0.5) is 5.69 Å². The van der Waals surface area contributed by atoms with Crippen LogP contribution >= 0.6 is 11.6 Å². The number of anilines is 1. The van der Waals surface area contributed by atoms with Crippen molar-refractivity contribution in [2.75, 3.05) is 11.4 Å². The number of hydrogen-bond acceptors (Lipinski definition) is 1. The second-order valence-electron chi connectivity index (χ2n) is 5.17. The van der Waals surface area contributed by atoms with E-state index in [1.54, 1.807) is 0 Å². The maximum Gasteiger partial charge on any atom is 0.0642 e. The number of para-hydroxylation sites is 1. The van der Waals surface area contributed by atoms with Gasteiger partial charge in [-0.3, -0.25) is 0 Å². The largest absolute Gasteiger partial charge is 0.365 e. The van der Waals surface area contributed by atoms with Crippen molar-refractivity contribution >= 4 is 17.3 Å². The number of aryl methyl sites for hydroxylation is 1. The molecular formula is C13H18ClN. The smallest absolute Gasteiger partial charge is 0.0642 e. The van der Waals surface area contributed by atoms with Gasteiger partial charge < -0.3 is 4.90 Å². The van der Waals surface area contributed by atoms with Gasteiger partial charge in [-0.25, -0.2) is 0 Å². The standard InChI is InChI=1S/C13H18ClN/c1-13(2,3)15-9-5-7-10-6-4-8-11(14)12(10)15/h4,6,8H,5,7,9H2,1-3H3. The van der Waals surface area contributed by atoms with Crippen LogP contribution in [0.5, 0.6) is 0 Å². The van der Waals surface area contributed by atoms with Crippen LogP contribution in [-0.4, -0.2) is 12.1 Å². The molecule has 0 aromatic heterocycles. The van der Waals surface area contributed by atoms with Gasteiger partial charge in [-0.1, -0.05) is 23.7 Å². The van der Waals surface area contributed by atoms with Gasteiger partial charge in [-0.05, 0) is 45.2 Å². The van der Waals surface area contributed by atoms with Crippen molar-refractivity contribution in [2.24, 2.45) is 0 Å². The van der Waals surface area contributed by atoms with Gasteiger partial charge in [0.2, 0.25) is 0 Å². The Kier molecular flexibility index (Phi) is 2.68. The molecule has 1 aliphatic heterocycles. The average Bonchev–Trinajstić information content (AvgIpc) is 2.16. The Labute approximate surface area is 97.0 Å². The summed E-state index contributed by atoms with van der Waals surface area (Å²) in [5.74, 6) is 0. The number of rotatable bonds is 0. The van der Waals surface area contributed by atoms with E-state index in [9.17, 15) is 0 Å². The number of nitrogens with zero attached hydrogens (tertiary/aromatic N) is 1. The molecule has 0 radical (unpaired) electrons. The van der Waals surface area contributed by atoms with Crippen LogP contribution in [0.1, 0.15) is 32.8 Å². The summed E-state index contributed by atoms with van der Waals surface area (Å²) >= 11 is 6.30. The lowest BCUT2D eigenvalue weighted by Gasteiger charge is -2.42. The molecule has 0 saturated heterocycles. The van der Waals surface area contributed by atoms with Crippen molar-refractivity contribution < 1.29 is 0 Å². The van der Waals surface area contributed by atoms with Crippen LogP contribution in [0.2, 0.25) is 5.02 Å². The van der Waals surface area contributed by atoms with Gasteiger partial charge in [0.25, 0.3) is 0 Å². The SMILES string of the molecule is CC(C)(C)N1CCCc2cccc(Cl)c21. The van der Waals surface area contributed by atoms with E-state index in [2.05, 4.69) is 31.7 Å². The highest BCUT2D eigenvalue weighted by molar-refractivity contribution is 6.33.